The Labute approximate surface area is 223 Å². The third-order valence-corrected chi connectivity index (χ3v) is 6.05. The van der Waals surface area contributed by atoms with Gasteiger partial charge >= 0.3 is 0 Å². The summed E-state index contributed by atoms with van der Waals surface area (Å²) in [4.78, 5) is 30.2. The fourth-order valence-electron chi connectivity index (χ4n) is 3.64. The predicted molar refractivity (Wildman–Crippen MR) is 149 cm³/mol. The molecule has 0 aliphatic carbocycles. The van der Waals surface area contributed by atoms with E-state index in [1.807, 2.05) is 57.2 Å². The average molecular weight is 563 g/mol. The first-order valence-electron chi connectivity index (χ1n) is 11.7. The first-order valence-corrected chi connectivity index (χ1v) is 12.5. The molecule has 0 aliphatic heterocycles. The van der Waals surface area contributed by atoms with Crippen LogP contribution in [0.4, 0.5) is 5.69 Å². The molecule has 0 spiro atoms. The first kappa shape index (κ1) is 26.1. The van der Waals surface area contributed by atoms with Crippen LogP contribution in [-0.2, 0) is 4.79 Å². The lowest BCUT2D eigenvalue weighted by Crippen LogP contribution is -2.23. The number of anilines is 1. The van der Waals surface area contributed by atoms with Crippen molar-refractivity contribution < 1.29 is 14.3 Å². The smallest absolute Gasteiger partial charge is 0.282 e. The number of nitrogens with zero attached hydrogens (tertiary/aromatic N) is 3. The quantitative estimate of drug-likeness (QED) is 0.286. The minimum absolute atomic E-state index is 0.0192. The van der Waals surface area contributed by atoms with Crippen LogP contribution in [0.2, 0.25) is 0 Å². The number of aryl methyl sites for hydroxylation is 1. The topological polar surface area (TPSA) is 94.8 Å². The van der Waals surface area contributed by atoms with Crippen LogP contribution in [0.25, 0.3) is 10.9 Å². The number of carbonyl (C=O) groups excluding carboxylic acids is 1. The first-order chi connectivity index (χ1) is 17.7. The van der Waals surface area contributed by atoms with Crippen LogP contribution in [-0.4, -0.2) is 35.5 Å². The van der Waals surface area contributed by atoms with E-state index in [4.69, 9.17) is 9.47 Å². The van der Waals surface area contributed by atoms with E-state index < -0.39 is 0 Å². The molecular weight excluding hydrogens is 536 g/mol. The van der Waals surface area contributed by atoms with Crippen molar-refractivity contribution in [2.24, 2.45) is 5.10 Å². The molecule has 1 amide bonds. The highest BCUT2D eigenvalue weighted by Crippen LogP contribution is 2.28. The molecule has 0 saturated heterocycles. The number of carbonyl (C=O) groups is 1. The maximum Gasteiger partial charge on any atom is 0.282 e. The molecule has 1 N–H and O–H groups in total. The Morgan fingerprint density at radius 2 is 1.86 bits per heavy atom. The van der Waals surface area contributed by atoms with Crippen molar-refractivity contribution in [1.82, 2.24) is 9.66 Å². The van der Waals surface area contributed by atoms with Crippen LogP contribution in [0.5, 0.6) is 11.5 Å². The van der Waals surface area contributed by atoms with Gasteiger partial charge in [-0.1, -0.05) is 47.5 Å². The highest BCUT2D eigenvalue weighted by atomic mass is 79.9. The van der Waals surface area contributed by atoms with Crippen molar-refractivity contribution >= 4 is 44.6 Å². The summed E-state index contributed by atoms with van der Waals surface area (Å²) >= 11 is 3.41. The molecule has 0 radical (unpaired) electrons. The van der Waals surface area contributed by atoms with Crippen LogP contribution in [0.1, 0.15) is 36.7 Å². The normalized spacial score (nSPS) is 11.3. The van der Waals surface area contributed by atoms with E-state index >= 15 is 0 Å². The molecule has 1 aromatic heterocycles. The van der Waals surface area contributed by atoms with E-state index in [2.05, 4.69) is 31.3 Å². The van der Waals surface area contributed by atoms with Gasteiger partial charge in [0.2, 0.25) is 0 Å². The molecule has 0 bridgehead atoms. The Morgan fingerprint density at radius 1 is 1.11 bits per heavy atom. The van der Waals surface area contributed by atoms with Crippen LogP contribution in [0.15, 0.2) is 75.0 Å². The van der Waals surface area contributed by atoms with Gasteiger partial charge in [0.25, 0.3) is 11.5 Å². The molecule has 8 nitrogen and oxygen atoms in total. The van der Waals surface area contributed by atoms with Gasteiger partial charge in [-0.05, 0) is 61.0 Å². The van der Waals surface area contributed by atoms with Gasteiger partial charge < -0.3 is 14.8 Å². The van der Waals surface area contributed by atoms with E-state index in [0.29, 0.717) is 39.5 Å². The number of amides is 1. The number of methoxy groups -OCH3 is 1. The summed E-state index contributed by atoms with van der Waals surface area (Å²) in [5, 5.41) is 7.72. The van der Waals surface area contributed by atoms with E-state index in [1.54, 1.807) is 30.5 Å². The summed E-state index contributed by atoms with van der Waals surface area (Å²) in [5.41, 5.74) is 2.86. The molecule has 37 heavy (non-hydrogen) atoms. The zero-order chi connectivity index (χ0) is 26.5. The molecule has 3 aromatic carbocycles. The number of hydrogen-bond donors (Lipinski definition) is 1. The van der Waals surface area contributed by atoms with Crippen LogP contribution in [0, 0.1) is 6.92 Å². The van der Waals surface area contributed by atoms with E-state index in [-0.39, 0.29) is 24.0 Å². The standard InChI is InChI=1S/C28H27BrN4O4/c1-17(2)27-32-23-11-8-20(29)14-22(23)28(35)33(27)30-15-19-7-12-24(25(13-19)36-4)37-16-26(34)31-21-9-5-18(3)6-10-21/h5-15,17H,16H2,1-4H3,(H,31,34). The Kier molecular flexibility index (Phi) is 8.03. The number of nitrogens with one attached hydrogen (secondary N) is 1. The molecule has 0 aliphatic rings. The fourth-order valence-corrected chi connectivity index (χ4v) is 4.00. The minimum Gasteiger partial charge on any atom is -0.493 e. The molecule has 190 valence electrons. The molecule has 4 aromatic rings. The van der Waals surface area contributed by atoms with Crippen LogP contribution >= 0.6 is 15.9 Å². The summed E-state index contributed by atoms with van der Waals surface area (Å²) < 4.78 is 13.3. The zero-order valence-electron chi connectivity index (χ0n) is 21.0. The van der Waals surface area contributed by atoms with Crippen LogP contribution < -0.4 is 20.3 Å². The number of hydrogen-bond acceptors (Lipinski definition) is 6. The average Bonchev–Trinajstić information content (AvgIpc) is 2.88. The van der Waals surface area contributed by atoms with E-state index in [1.165, 1.54) is 11.8 Å². The maximum atomic E-state index is 13.2. The summed E-state index contributed by atoms with van der Waals surface area (Å²) in [7, 11) is 1.52. The molecule has 0 saturated carbocycles. The number of benzene rings is 3. The molecule has 1 heterocycles. The minimum atomic E-state index is -0.285. The van der Waals surface area contributed by atoms with Gasteiger partial charge in [-0.25, -0.2) is 4.98 Å². The lowest BCUT2D eigenvalue weighted by atomic mass is 10.2. The Bertz CT molecular complexity index is 1530. The highest BCUT2D eigenvalue weighted by molar-refractivity contribution is 9.10. The van der Waals surface area contributed by atoms with Crippen molar-refractivity contribution in [2.75, 3.05) is 19.0 Å². The van der Waals surface area contributed by atoms with Gasteiger partial charge in [0, 0.05) is 16.1 Å². The third-order valence-electron chi connectivity index (χ3n) is 5.55. The van der Waals surface area contributed by atoms with Crippen LogP contribution in [0.3, 0.4) is 0 Å². The highest BCUT2D eigenvalue weighted by Gasteiger charge is 2.14. The predicted octanol–water partition coefficient (Wildman–Crippen LogP) is 5.50. The van der Waals surface area contributed by atoms with Gasteiger partial charge in [-0.2, -0.15) is 9.78 Å². The largest absolute Gasteiger partial charge is 0.493 e. The van der Waals surface area contributed by atoms with E-state index in [0.717, 1.165) is 10.0 Å². The molecule has 4 rings (SSSR count). The Hall–Kier alpha value is -3.98. The SMILES string of the molecule is COc1cc(C=Nn2c(C(C)C)nc3ccc(Br)cc3c2=O)ccc1OCC(=O)Nc1ccc(C)cc1. The third kappa shape index (κ3) is 6.24. The molecule has 0 unspecified atom stereocenters. The van der Waals surface area contributed by atoms with E-state index in [9.17, 15) is 9.59 Å². The van der Waals surface area contributed by atoms with Crippen molar-refractivity contribution in [3.05, 3.63) is 92.4 Å². The second-order valence-corrected chi connectivity index (χ2v) is 9.68. The number of fused-ring (bicyclic) bond motifs is 1. The summed E-state index contributed by atoms with van der Waals surface area (Å²) in [5.74, 6) is 1.10. The lowest BCUT2D eigenvalue weighted by molar-refractivity contribution is -0.118. The summed E-state index contributed by atoms with van der Waals surface area (Å²) in [6, 6.07) is 18.1. The number of rotatable bonds is 8. The summed E-state index contributed by atoms with van der Waals surface area (Å²) in [6.07, 6.45) is 1.56. The maximum absolute atomic E-state index is 13.2. The van der Waals surface area contributed by atoms with Crippen molar-refractivity contribution in [1.29, 1.82) is 0 Å². The zero-order valence-corrected chi connectivity index (χ0v) is 22.6. The fraction of sp³-hybridized carbons (Fsp3) is 0.214. The molecular formula is C28H27BrN4O4. The molecule has 0 fully saturated rings. The lowest BCUT2D eigenvalue weighted by Gasteiger charge is -2.13. The van der Waals surface area contributed by atoms with Gasteiger partial charge in [-0.15, -0.1) is 0 Å². The second-order valence-electron chi connectivity index (χ2n) is 8.76. The Morgan fingerprint density at radius 3 is 2.57 bits per heavy atom. The van der Waals surface area contributed by atoms with Crippen molar-refractivity contribution in [3.8, 4) is 11.5 Å². The van der Waals surface area contributed by atoms with Crippen molar-refractivity contribution in [2.45, 2.75) is 26.7 Å². The van der Waals surface area contributed by atoms with Gasteiger partial charge in [0.1, 0.15) is 5.82 Å². The van der Waals surface area contributed by atoms with Gasteiger partial charge in [0.15, 0.2) is 18.1 Å². The second kappa shape index (κ2) is 11.4. The number of aromatic nitrogens is 2. The molecule has 0 atom stereocenters. The van der Waals surface area contributed by atoms with Gasteiger partial charge in [-0.3, -0.25) is 9.59 Å². The monoisotopic (exact) mass is 562 g/mol. The molecule has 9 heteroatoms. The number of ether oxygens (including phenoxy) is 2. The summed E-state index contributed by atoms with van der Waals surface area (Å²) in [6.45, 7) is 5.73. The Balaban J connectivity index is 1.54. The van der Waals surface area contributed by atoms with Gasteiger partial charge in [0.05, 0.1) is 24.2 Å². The van der Waals surface area contributed by atoms with Crippen molar-refractivity contribution in [3.63, 3.8) is 0 Å². The number of halogens is 1.